The molecular weight excluding hydrogens is 256 g/mol. The summed E-state index contributed by atoms with van der Waals surface area (Å²) in [7, 11) is 0. The molecule has 1 fully saturated rings. The zero-order valence-corrected chi connectivity index (χ0v) is 11.2. The number of carbonyl (C=O) groups is 1. The van der Waals surface area contributed by atoms with Crippen LogP contribution < -0.4 is 11.1 Å². The standard InChI is InChI=1S/C15H18N2O3/c16-7-3-5-12-4-1-2-6-14(12)15(18)17-10-13-11-19-8-9-20-13/h1-2,4,6,13H,7-11,16H2,(H,17,18). The molecule has 1 aromatic carbocycles. The van der Waals surface area contributed by atoms with E-state index in [0.717, 1.165) is 0 Å². The molecule has 1 heterocycles. The van der Waals surface area contributed by atoms with Crippen molar-refractivity contribution in [3.63, 3.8) is 0 Å². The van der Waals surface area contributed by atoms with Gasteiger partial charge in [-0.25, -0.2) is 0 Å². The van der Waals surface area contributed by atoms with E-state index in [1.807, 2.05) is 12.1 Å². The second-order valence-corrected chi connectivity index (χ2v) is 4.33. The Balaban J connectivity index is 1.97. The van der Waals surface area contributed by atoms with Crippen LogP contribution in [0, 0.1) is 11.8 Å². The number of hydrogen-bond donors (Lipinski definition) is 2. The van der Waals surface area contributed by atoms with E-state index in [0.29, 0.717) is 37.5 Å². The lowest BCUT2D eigenvalue weighted by Crippen LogP contribution is -2.39. The maximum Gasteiger partial charge on any atom is 0.252 e. The maximum atomic E-state index is 12.2. The van der Waals surface area contributed by atoms with Gasteiger partial charge in [-0.1, -0.05) is 24.0 Å². The van der Waals surface area contributed by atoms with Gasteiger partial charge in [0, 0.05) is 12.1 Å². The van der Waals surface area contributed by atoms with Gasteiger partial charge in [0.25, 0.3) is 5.91 Å². The van der Waals surface area contributed by atoms with Gasteiger partial charge in [-0.2, -0.15) is 0 Å². The first kappa shape index (κ1) is 14.5. The SMILES string of the molecule is NCC#Cc1ccccc1C(=O)NCC1COCCO1. The van der Waals surface area contributed by atoms with E-state index in [4.69, 9.17) is 15.2 Å². The summed E-state index contributed by atoms with van der Waals surface area (Å²) in [5, 5.41) is 2.84. The molecular formula is C15H18N2O3. The molecule has 5 nitrogen and oxygen atoms in total. The second-order valence-electron chi connectivity index (χ2n) is 4.33. The normalized spacial score (nSPS) is 17.9. The number of ether oxygens (including phenoxy) is 2. The van der Waals surface area contributed by atoms with Crippen LogP contribution >= 0.6 is 0 Å². The summed E-state index contributed by atoms with van der Waals surface area (Å²) in [4.78, 5) is 12.2. The maximum absolute atomic E-state index is 12.2. The summed E-state index contributed by atoms with van der Waals surface area (Å²) < 4.78 is 10.8. The minimum Gasteiger partial charge on any atom is -0.376 e. The van der Waals surface area contributed by atoms with Crippen molar-refractivity contribution in [2.24, 2.45) is 5.73 Å². The fraction of sp³-hybridized carbons (Fsp3) is 0.400. The molecule has 1 aliphatic rings. The van der Waals surface area contributed by atoms with Gasteiger partial charge < -0.3 is 20.5 Å². The van der Waals surface area contributed by atoms with E-state index >= 15 is 0 Å². The number of benzene rings is 1. The predicted octanol–water partition coefficient (Wildman–Crippen LogP) is 0.142. The highest BCUT2D eigenvalue weighted by molar-refractivity contribution is 5.96. The van der Waals surface area contributed by atoms with Gasteiger partial charge in [-0.3, -0.25) is 4.79 Å². The van der Waals surface area contributed by atoms with E-state index < -0.39 is 0 Å². The summed E-state index contributed by atoms with van der Waals surface area (Å²) >= 11 is 0. The fourth-order valence-corrected chi connectivity index (χ4v) is 1.89. The summed E-state index contributed by atoms with van der Waals surface area (Å²) in [6, 6.07) is 7.20. The number of nitrogens with one attached hydrogen (secondary N) is 1. The second kappa shape index (κ2) is 7.65. The van der Waals surface area contributed by atoms with Gasteiger partial charge in [-0.05, 0) is 12.1 Å². The van der Waals surface area contributed by atoms with Crippen LogP contribution in [0.15, 0.2) is 24.3 Å². The number of carbonyl (C=O) groups excluding carboxylic acids is 1. The molecule has 1 aliphatic heterocycles. The number of amides is 1. The molecule has 106 valence electrons. The van der Waals surface area contributed by atoms with Crippen molar-refractivity contribution in [2.45, 2.75) is 6.10 Å². The average molecular weight is 274 g/mol. The van der Waals surface area contributed by atoms with Crippen LogP contribution in [-0.4, -0.2) is 44.9 Å². The van der Waals surface area contributed by atoms with Crippen LogP contribution in [0.5, 0.6) is 0 Å². The summed E-state index contributed by atoms with van der Waals surface area (Å²) in [6.45, 7) is 2.39. The largest absolute Gasteiger partial charge is 0.376 e. The van der Waals surface area contributed by atoms with Crippen molar-refractivity contribution in [2.75, 3.05) is 32.9 Å². The van der Waals surface area contributed by atoms with Crippen molar-refractivity contribution in [3.8, 4) is 11.8 Å². The monoisotopic (exact) mass is 274 g/mol. The van der Waals surface area contributed by atoms with Gasteiger partial charge in [0.2, 0.25) is 0 Å². The molecule has 1 aromatic rings. The topological polar surface area (TPSA) is 73.6 Å². The number of rotatable bonds is 3. The Morgan fingerprint density at radius 2 is 2.25 bits per heavy atom. The number of hydrogen-bond acceptors (Lipinski definition) is 4. The lowest BCUT2D eigenvalue weighted by atomic mass is 10.1. The third kappa shape index (κ3) is 4.07. The van der Waals surface area contributed by atoms with Gasteiger partial charge in [0.1, 0.15) is 0 Å². The van der Waals surface area contributed by atoms with Crippen LogP contribution in [0.3, 0.4) is 0 Å². The average Bonchev–Trinajstić information content (AvgIpc) is 2.52. The van der Waals surface area contributed by atoms with Gasteiger partial charge in [-0.15, -0.1) is 0 Å². The van der Waals surface area contributed by atoms with Crippen LogP contribution in [0.1, 0.15) is 15.9 Å². The molecule has 1 saturated heterocycles. The Bertz CT molecular complexity index is 513. The molecule has 0 aromatic heterocycles. The zero-order valence-electron chi connectivity index (χ0n) is 11.2. The van der Waals surface area contributed by atoms with E-state index in [-0.39, 0.29) is 18.6 Å². The smallest absolute Gasteiger partial charge is 0.252 e. The van der Waals surface area contributed by atoms with E-state index in [1.54, 1.807) is 12.1 Å². The highest BCUT2D eigenvalue weighted by Crippen LogP contribution is 2.07. The van der Waals surface area contributed by atoms with Gasteiger partial charge >= 0.3 is 0 Å². The molecule has 3 N–H and O–H groups in total. The summed E-state index contributed by atoms with van der Waals surface area (Å²) in [6.07, 6.45) is -0.0880. The molecule has 5 heteroatoms. The Hall–Kier alpha value is -1.87. The quantitative estimate of drug-likeness (QED) is 0.769. The van der Waals surface area contributed by atoms with Crippen LogP contribution in [0.2, 0.25) is 0 Å². The lowest BCUT2D eigenvalue weighted by molar-refractivity contribution is -0.0855. The molecule has 1 amide bonds. The molecule has 2 rings (SSSR count). The van der Waals surface area contributed by atoms with Gasteiger partial charge in [0.15, 0.2) is 0 Å². The van der Waals surface area contributed by atoms with Gasteiger partial charge in [0.05, 0.1) is 38.0 Å². The highest BCUT2D eigenvalue weighted by atomic mass is 16.6. The summed E-state index contributed by atoms with van der Waals surface area (Å²) in [5.74, 6) is 5.49. The van der Waals surface area contributed by atoms with Crippen molar-refractivity contribution in [1.82, 2.24) is 5.32 Å². The van der Waals surface area contributed by atoms with Crippen LogP contribution in [0.4, 0.5) is 0 Å². The highest BCUT2D eigenvalue weighted by Gasteiger charge is 2.16. The fourth-order valence-electron chi connectivity index (χ4n) is 1.89. The lowest BCUT2D eigenvalue weighted by Gasteiger charge is -2.23. The first-order valence-corrected chi connectivity index (χ1v) is 6.57. The van der Waals surface area contributed by atoms with Crippen molar-refractivity contribution in [3.05, 3.63) is 35.4 Å². The van der Waals surface area contributed by atoms with E-state index in [9.17, 15) is 4.79 Å². The molecule has 0 aliphatic carbocycles. The van der Waals surface area contributed by atoms with Crippen molar-refractivity contribution >= 4 is 5.91 Å². The van der Waals surface area contributed by atoms with Crippen LogP contribution in [0.25, 0.3) is 0 Å². The molecule has 0 saturated carbocycles. The third-order valence-electron chi connectivity index (χ3n) is 2.87. The van der Waals surface area contributed by atoms with E-state index in [2.05, 4.69) is 17.2 Å². The Morgan fingerprint density at radius 3 is 3.00 bits per heavy atom. The molecule has 0 radical (unpaired) electrons. The van der Waals surface area contributed by atoms with E-state index in [1.165, 1.54) is 0 Å². The molecule has 1 atom stereocenters. The Morgan fingerprint density at radius 1 is 1.40 bits per heavy atom. The van der Waals surface area contributed by atoms with Crippen LogP contribution in [-0.2, 0) is 9.47 Å². The molecule has 1 unspecified atom stereocenters. The molecule has 0 spiro atoms. The first-order chi connectivity index (χ1) is 9.81. The Labute approximate surface area is 118 Å². The predicted molar refractivity (Wildman–Crippen MR) is 75.3 cm³/mol. The van der Waals surface area contributed by atoms with Crippen molar-refractivity contribution in [1.29, 1.82) is 0 Å². The minimum atomic E-state index is -0.166. The molecule has 0 bridgehead atoms. The van der Waals surface area contributed by atoms with Crippen molar-refractivity contribution < 1.29 is 14.3 Å². The summed E-state index contributed by atoms with van der Waals surface area (Å²) in [5.41, 5.74) is 6.58. The third-order valence-corrected chi connectivity index (χ3v) is 2.87. The molecule has 20 heavy (non-hydrogen) atoms. The Kier molecular flexibility index (Phi) is 5.56. The zero-order chi connectivity index (χ0) is 14.2. The minimum absolute atomic E-state index is 0.0880. The number of nitrogens with two attached hydrogens (primary N) is 1. The first-order valence-electron chi connectivity index (χ1n) is 6.57.